The van der Waals surface area contributed by atoms with Gasteiger partial charge >= 0.3 is 0 Å². The van der Waals surface area contributed by atoms with Gasteiger partial charge in [0.15, 0.2) is 0 Å². The summed E-state index contributed by atoms with van der Waals surface area (Å²) in [5, 5.41) is 8.89. The number of hydrogen-bond donors (Lipinski definition) is 1. The van der Waals surface area contributed by atoms with Gasteiger partial charge in [0, 0.05) is 31.7 Å². The fourth-order valence-electron chi connectivity index (χ4n) is 2.37. The van der Waals surface area contributed by atoms with Crippen LogP contribution in [0.25, 0.3) is 0 Å². The van der Waals surface area contributed by atoms with Crippen molar-refractivity contribution in [3.8, 4) is 6.07 Å². The Labute approximate surface area is 113 Å². The summed E-state index contributed by atoms with van der Waals surface area (Å²) in [6.45, 7) is 2.77. The van der Waals surface area contributed by atoms with E-state index >= 15 is 0 Å². The molecule has 0 bridgehead atoms. The maximum absolute atomic E-state index is 12.5. The monoisotopic (exact) mass is 258 g/mol. The summed E-state index contributed by atoms with van der Waals surface area (Å²) in [5.74, 6) is -0.0411. The second kappa shape index (κ2) is 5.83. The number of carbonyl (C=O) groups is 1. The molecule has 1 aromatic rings. The van der Waals surface area contributed by atoms with Crippen molar-refractivity contribution in [3.63, 3.8) is 0 Å². The molecule has 1 fully saturated rings. The van der Waals surface area contributed by atoms with E-state index in [1.807, 2.05) is 11.9 Å². The first-order valence-corrected chi connectivity index (χ1v) is 6.35. The van der Waals surface area contributed by atoms with Crippen LogP contribution in [0.3, 0.4) is 0 Å². The Morgan fingerprint density at radius 1 is 1.53 bits per heavy atom. The van der Waals surface area contributed by atoms with Crippen LogP contribution in [-0.4, -0.2) is 55.0 Å². The molecule has 2 rings (SSSR count). The maximum atomic E-state index is 12.5. The third kappa shape index (κ3) is 2.92. The molecule has 100 valence electrons. The van der Waals surface area contributed by atoms with Crippen LogP contribution in [-0.2, 0) is 0 Å². The molecule has 2 N–H and O–H groups in total. The number of amides is 1. The zero-order valence-electron chi connectivity index (χ0n) is 11.0. The van der Waals surface area contributed by atoms with Crippen LogP contribution in [0.2, 0.25) is 0 Å². The average Bonchev–Trinajstić information content (AvgIpc) is 2.46. The molecule has 1 heterocycles. The minimum absolute atomic E-state index is 0.0389. The summed E-state index contributed by atoms with van der Waals surface area (Å²) in [6.07, 6.45) is 0. The molecule has 1 aliphatic heterocycles. The van der Waals surface area contributed by atoms with E-state index in [9.17, 15) is 4.79 Å². The van der Waals surface area contributed by atoms with Gasteiger partial charge in [0.25, 0.3) is 5.91 Å². The molecule has 1 amide bonds. The molecule has 1 aromatic carbocycles. The molecule has 1 unspecified atom stereocenters. The van der Waals surface area contributed by atoms with Gasteiger partial charge in [-0.15, -0.1) is 0 Å². The van der Waals surface area contributed by atoms with Crippen molar-refractivity contribution in [1.82, 2.24) is 9.80 Å². The number of benzene rings is 1. The van der Waals surface area contributed by atoms with Crippen LogP contribution in [0.5, 0.6) is 0 Å². The van der Waals surface area contributed by atoms with E-state index in [1.54, 1.807) is 24.3 Å². The predicted molar refractivity (Wildman–Crippen MR) is 72.5 cm³/mol. The fourth-order valence-corrected chi connectivity index (χ4v) is 2.37. The quantitative estimate of drug-likeness (QED) is 0.826. The van der Waals surface area contributed by atoms with Gasteiger partial charge < -0.3 is 15.5 Å². The number of nitrogens with two attached hydrogens (primary N) is 1. The van der Waals surface area contributed by atoms with Crippen molar-refractivity contribution < 1.29 is 4.79 Å². The predicted octanol–water partition coefficient (Wildman–Crippen LogP) is 0.273. The smallest absolute Gasteiger partial charge is 0.254 e. The normalized spacial score (nSPS) is 20.1. The Balaban J connectivity index is 2.20. The average molecular weight is 258 g/mol. The highest BCUT2D eigenvalue weighted by atomic mass is 16.2. The van der Waals surface area contributed by atoms with E-state index in [0.29, 0.717) is 24.2 Å². The summed E-state index contributed by atoms with van der Waals surface area (Å²) >= 11 is 0. The molecule has 5 nitrogen and oxygen atoms in total. The van der Waals surface area contributed by atoms with E-state index in [0.717, 1.165) is 13.1 Å². The molecule has 19 heavy (non-hydrogen) atoms. The van der Waals surface area contributed by atoms with Crippen LogP contribution < -0.4 is 5.73 Å². The van der Waals surface area contributed by atoms with Gasteiger partial charge in [0.2, 0.25) is 0 Å². The van der Waals surface area contributed by atoms with E-state index in [4.69, 9.17) is 11.0 Å². The number of nitrogens with zero attached hydrogens (tertiary/aromatic N) is 3. The van der Waals surface area contributed by atoms with Crippen molar-refractivity contribution in [2.75, 3.05) is 33.2 Å². The summed E-state index contributed by atoms with van der Waals surface area (Å²) in [7, 11) is 2.03. The Morgan fingerprint density at radius 3 is 3.00 bits per heavy atom. The van der Waals surface area contributed by atoms with Crippen LogP contribution in [0, 0.1) is 11.3 Å². The first-order chi connectivity index (χ1) is 9.15. The van der Waals surface area contributed by atoms with Gasteiger partial charge in [-0.2, -0.15) is 5.26 Å². The Hall–Kier alpha value is -1.90. The number of hydrogen-bond acceptors (Lipinski definition) is 4. The standard InChI is InChI=1S/C14H18N4O/c1-17-5-6-18(13(9-16)10-17)14(19)12-4-2-3-11(7-12)8-15/h2-4,7,13H,5-6,9-10,16H2,1H3. The summed E-state index contributed by atoms with van der Waals surface area (Å²) < 4.78 is 0. The number of likely N-dealkylation sites (N-methyl/N-ethyl adjacent to an activating group) is 1. The number of rotatable bonds is 2. The van der Waals surface area contributed by atoms with Gasteiger partial charge in [0.1, 0.15) is 0 Å². The van der Waals surface area contributed by atoms with E-state index in [2.05, 4.69) is 11.0 Å². The number of piperazine rings is 1. The number of carbonyl (C=O) groups excluding carboxylic acids is 1. The summed E-state index contributed by atoms with van der Waals surface area (Å²) in [4.78, 5) is 16.5. The molecule has 1 saturated heterocycles. The highest BCUT2D eigenvalue weighted by molar-refractivity contribution is 5.94. The van der Waals surface area contributed by atoms with Crippen LogP contribution >= 0.6 is 0 Å². The molecule has 0 radical (unpaired) electrons. The van der Waals surface area contributed by atoms with Gasteiger partial charge in [-0.1, -0.05) is 6.07 Å². The highest BCUT2D eigenvalue weighted by Gasteiger charge is 2.28. The van der Waals surface area contributed by atoms with Crippen LogP contribution in [0.1, 0.15) is 15.9 Å². The van der Waals surface area contributed by atoms with Crippen LogP contribution in [0.4, 0.5) is 0 Å². The van der Waals surface area contributed by atoms with Gasteiger partial charge in [-0.25, -0.2) is 0 Å². The molecule has 1 atom stereocenters. The largest absolute Gasteiger partial charge is 0.332 e. The SMILES string of the molecule is CN1CCN(C(=O)c2cccc(C#N)c2)C(CN)C1. The number of nitriles is 1. The second-order valence-electron chi connectivity index (χ2n) is 4.84. The lowest BCUT2D eigenvalue weighted by Crippen LogP contribution is -2.56. The van der Waals surface area contributed by atoms with Crippen molar-refractivity contribution in [2.45, 2.75) is 6.04 Å². The Kier molecular flexibility index (Phi) is 4.15. The molecule has 0 aromatic heterocycles. The highest BCUT2D eigenvalue weighted by Crippen LogP contribution is 2.14. The minimum Gasteiger partial charge on any atom is -0.332 e. The van der Waals surface area contributed by atoms with Crippen molar-refractivity contribution in [2.24, 2.45) is 5.73 Å². The van der Waals surface area contributed by atoms with Crippen molar-refractivity contribution >= 4 is 5.91 Å². The zero-order valence-corrected chi connectivity index (χ0v) is 11.0. The minimum atomic E-state index is -0.0411. The maximum Gasteiger partial charge on any atom is 0.254 e. The molecule has 0 spiro atoms. The van der Waals surface area contributed by atoms with Crippen molar-refractivity contribution in [3.05, 3.63) is 35.4 Å². The molecule has 0 aliphatic carbocycles. The van der Waals surface area contributed by atoms with Gasteiger partial charge in [-0.05, 0) is 25.2 Å². The second-order valence-corrected chi connectivity index (χ2v) is 4.84. The first kappa shape index (κ1) is 13.5. The zero-order chi connectivity index (χ0) is 13.8. The summed E-state index contributed by atoms with van der Waals surface area (Å²) in [5.41, 5.74) is 6.82. The lowest BCUT2D eigenvalue weighted by atomic mass is 10.1. The Morgan fingerprint density at radius 2 is 2.32 bits per heavy atom. The third-order valence-corrected chi connectivity index (χ3v) is 3.46. The molecule has 0 saturated carbocycles. The first-order valence-electron chi connectivity index (χ1n) is 6.35. The third-order valence-electron chi connectivity index (χ3n) is 3.46. The van der Waals surface area contributed by atoms with Crippen LogP contribution in [0.15, 0.2) is 24.3 Å². The van der Waals surface area contributed by atoms with Gasteiger partial charge in [-0.3, -0.25) is 4.79 Å². The summed E-state index contributed by atoms with van der Waals surface area (Å²) in [6, 6.07) is 8.90. The lowest BCUT2D eigenvalue weighted by molar-refractivity contribution is 0.0516. The van der Waals surface area contributed by atoms with Gasteiger partial charge in [0.05, 0.1) is 17.7 Å². The molecule has 1 aliphatic rings. The van der Waals surface area contributed by atoms with E-state index in [1.165, 1.54) is 0 Å². The Bertz CT molecular complexity index is 508. The lowest BCUT2D eigenvalue weighted by Gasteiger charge is -2.39. The van der Waals surface area contributed by atoms with E-state index < -0.39 is 0 Å². The van der Waals surface area contributed by atoms with Crippen molar-refractivity contribution in [1.29, 1.82) is 5.26 Å². The molecule has 5 heteroatoms. The topological polar surface area (TPSA) is 73.4 Å². The molecular weight excluding hydrogens is 240 g/mol. The molecular formula is C14H18N4O. The fraction of sp³-hybridized carbons (Fsp3) is 0.429. The van der Waals surface area contributed by atoms with E-state index in [-0.39, 0.29) is 11.9 Å².